The molecule has 3 aliphatic rings. The van der Waals surface area contributed by atoms with Gasteiger partial charge in [0.15, 0.2) is 0 Å². The summed E-state index contributed by atoms with van der Waals surface area (Å²) in [5.74, 6) is -0.115. The Balaban J connectivity index is 1.49. The Hall–Kier alpha value is -1.92. The Bertz CT molecular complexity index is 657. The minimum atomic E-state index is -0.592. The summed E-state index contributed by atoms with van der Waals surface area (Å²) in [6.07, 6.45) is 2.94. The zero-order valence-corrected chi connectivity index (χ0v) is 14.3. The lowest BCUT2D eigenvalue weighted by Gasteiger charge is -2.36. The maximum atomic E-state index is 13.0. The molecule has 4 rings (SSSR count). The number of rotatable bonds is 3. The Morgan fingerprint density at radius 1 is 1.20 bits per heavy atom. The fourth-order valence-electron chi connectivity index (χ4n) is 4.01. The van der Waals surface area contributed by atoms with Gasteiger partial charge in [0, 0.05) is 19.8 Å². The Kier molecular flexibility index (Phi) is 4.72. The van der Waals surface area contributed by atoms with Crippen LogP contribution in [0.3, 0.4) is 0 Å². The molecule has 2 atom stereocenters. The van der Waals surface area contributed by atoms with Crippen molar-refractivity contribution in [3.8, 4) is 0 Å². The molecule has 2 saturated heterocycles. The van der Waals surface area contributed by atoms with Crippen molar-refractivity contribution in [3.63, 3.8) is 0 Å². The van der Waals surface area contributed by atoms with Crippen molar-refractivity contribution >= 4 is 11.8 Å². The molecule has 1 aromatic carbocycles. The molecule has 0 aliphatic carbocycles. The van der Waals surface area contributed by atoms with E-state index in [-0.39, 0.29) is 30.6 Å². The minimum Gasteiger partial charge on any atom is -0.381 e. The first-order valence-electron chi connectivity index (χ1n) is 9.09. The normalized spacial score (nSPS) is 27.3. The topological polar surface area (TPSA) is 67.9 Å². The van der Waals surface area contributed by atoms with Crippen LogP contribution >= 0.6 is 0 Å². The van der Waals surface area contributed by atoms with Crippen LogP contribution in [0.25, 0.3) is 0 Å². The predicted octanol–water partition coefficient (Wildman–Crippen LogP) is 1.20. The minimum absolute atomic E-state index is 0.0302. The highest BCUT2D eigenvalue weighted by molar-refractivity contribution is 5.91. The van der Waals surface area contributed by atoms with Crippen molar-refractivity contribution < 1.29 is 19.1 Å². The first-order valence-corrected chi connectivity index (χ1v) is 9.09. The van der Waals surface area contributed by atoms with Crippen LogP contribution in [0.2, 0.25) is 0 Å². The standard InChI is InChI=1S/C19H24N2O4/c22-18-11-17-15-4-2-1-3-13(15)5-8-21(17)19(23)16(20-18)12-25-14-6-9-24-10-7-14/h1-4,14,16-17H,5-12H2,(H,20,22)/t16-,17+/m0/s1. The first-order chi connectivity index (χ1) is 12.2. The van der Waals surface area contributed by atoms with Crippen LogP contribution in [-0.2, 0) is 25.5 Å². The van der Waals surface area contributed by atoms with Gasteiger partial charge in [0.1, 0.15) is 6.04 Å². The molecule has 6 nitrogen and oxygen atoms in total. The second-order valence-electron chi connectivity index (χ2n) is 6.97. The molecule has 0 radical (unpaired) electrons. The van der Waals surface area contributed by atoms with Crippen molar-refractivity contribution in [3.05, 3.63) is 35.4 Å². The van der Waals surface area contributed by atoms with Gasteiger partial charge in [-0.25, -0.2) is 0 Å². The van der Waals surface area contributed by atoms with Gasteiger partial charge >= 0.3 is 0 Å². The number of carbonyl (C=O) groups excluding carboxylic acids is 2. The van der Waals surface area contributed by atoms with Gasteiger partial charge in [-0.2, -0.15) is 0 Å². The van der Waals surface area contributed by atoms with E-state index in [9.17, 15) is 9.59 Å². The van der Waals surface area contributed by atoms with E-state index in [0.717, 1.165) is 24.8 Å². The van der Waals surface area contributed by atoms with Crippen LogP contribution in [-0.4, -0.2) is 55.2 Å². The highest BCUT2D eigenvalue weighted by Crippen LogP contribution is 2.34. The fraction of sp³-hybridized carbons (Fsp3) is 0.579. The number of benzene rings is 1. The zero-order valence-electron chi connectivity index (χ0n) is 14.3. The molecule has 0 unspecified atom stereocenters. The van der Waals surface area contributed by atoms with Gasteiger partial charge < -0.3 is 19.7 Å². The van der Waals surface area contributed by atoms with Crippen molar-refractivity contribution in [2.75, 3.05) is 26.4 Å². The summed E-state index contributed by atoms with van der Waals surface area (Å²) in [7, 11) is 0. The highest BCUT2D eigenvalue weighted by Gasteiger charge is 2.39. The third-order valence-corrected chi connectivity index (χ3v) is 5.37. The van der Waals surface area contributed by atoms with E-state index >= 15 is 0 Å². The van der Waals surface area contributed by atoms with Gasteiger partial charge in [0.25, 0.3) is 0 Å². The lowest BCUT2D eigenvalue weighted by Crippen LogP contribution is -2.49. The number of fused-ring (bicyclic) bond motifs is 3. The Morgan fingerprint density at radius 3 is 2.84 bits per heavy atom. The van der Waals surface area contributed by atoms with Crippen molar-refractivity contribution in [2.45, 2.75) is 43.9 Å². The van der Waals surface area contributed by atoms with Gasteiger partial charge in [-0.1, -0.05) is 24.3 Å². The molecule has 2 amide bonds. The summed E-state index contributed by atoms with van der Waals surface area (Å²) in [6.45, 7) is 2.28. The smallest absolute Gasteiger partial charge is 0.248 e. The van der Waals surface area contributed by atoms with E-state index in [4.69, 9.17) is 9.47 Å². The number of amides is 2. The van der Waals surface area contributed by atoms with E-state index in [1.807, 2.05) is 23.1 Å². The molecular formula is C19H24N2O4. The van der Waals surface area contributed by atoms with E-state index in [2.05, 4.69) is 11.4 Å². The summed E-state index contributed by atoms with van der Waals surface area (Å²) < 4.78 is 11.2. The summed E-state index contributed by atoms with van der Waals surface area (Å²) in [5, 5.41) is 2.87. The number of nitrogens with zero attached hydrogens (tertiary/aromatic N) is 1. The Morgan fingerprint density at radius 2 is 2.00 bits per heavy atom. The van der Waals surface area contributed by atoms with Gasteiger partial charge in [-0.15, -0.1) is 0 Å². The molecule has 0 bridgehead atoms. The third kappa shape index (κ3) is 3.41. The summed E-state index contributed by atoms with van der Waals surface area (Å²) in [6, 6.07) is 7.35. The summed E-state index contributed by atoms with van der Waals surface area (Å²) in [4.78, 5) is 27.3. The van der Waals surface area contributed by atoms with Gasteiger partial charge in [-0.05, 0) is 30.4 Å². The molecule has 134 valence electrons. The zero-order chi connectivity index (χ0) is 17.2. The molecule has 1 aromatic rings. The SMILES string of the molecule is O=C1C[C@@H]2c3ccccc3CCN2C(=O)[C@H](COC2CCOCC2)N1. The lowest BCUT2D eigenvalue weighted by molar-refractivity contribution is -0.138. The number of ether oxygens (including phenoxy) is 2. The van der Waals surface area contributed by atoms with Crippen LogP contribution in [0.5, 0.6) is 0 Å². The highest BCUT2D eigenvalue weighted by atomic mass is 16.5. The average molecular weight is 344 g/mol. The molecule has 3 heterocycles. The molecule has 0 aromatic heterocycles. The van der Waals surface area contributed by atoms with Crippen LogP contribution in [0.1, 0.15) is 36.4 Å². The molecule has 2 fully saturated rings. The third-order valence-electron chi connectivity index (χ3n) is 5.37. The van der Waals surface area contributed by atoms with Gasteiger partial charge in [0.2, 0.25) is 11.8 Å². The largest absolute Gasteiger partial charge is 0.381 e. The van der Waals surface area contributed by atoms with Crippen LogP contribution in [0, 0.1) is 0 Å². The monoisotopic (exact) mass is 344 g/mol. The molecule has 1 N–H and O–H groups in total. The van der Waals surface area contributed by atoms with E-state index in [1.54, 1.807) is 0 Å². The molecule has 3 aliphatic heterocycles. The predicted molar refractivity (Wildman–Crippen MR) is 90.9 cm³/mol. The quantitative estimate of drug-likeness (QED) is 0.895. The van der Waals surface area contributed by atoms with Crippen molar-refractivity contribution in [2.24, 2.45) is 0 Å². The molecule has 0 spiro atoms. The maximum Gasteiger partial charge on any atom is 0.248 e. The van der Waals surface area contributed by atoms with E-state index < -0.39 is 6.04 Å². The summed E-state index contributed by atoms with van der Waals surface area (Å²) in [5.41, 5.74) is 2.34. The van der Waals surface area contributed by atoms with Gasteiger partial charge in [-0.3, -0.25) is 9.59 Å². The molecule has 0 saturated carbocycles. The Labute approximate surface area is 147 Å². The van der Waals surface area contributed by atoms with Crippen molar-refractivity contribution in [1.29, 1.82) is 0 Å². The number of nitrogens with one attached hydrogen (secondary N) is 1. The van der Waals surface area contributed by atoms with Crippen LogP contribution in [0.15, 0.2) is 24.3 Å². The number of hydrogen-bond donors (Lipinski definition) is 1. The second kappa shape index (κ2) is 7.14. The number of carbonyl (C=O) groups is 2. The van der Waals surface area contributed by atoms with E-state index in [0.29, 0.717) is 26.2 Å². The molecule has 25 heavy (non-hydrogen) atoms. The second-order valence-corrected chi connectivity index (χ2v) is 6.97. The fourth-order valence-corrected chi connectivity index (χ4v) is 4.01. The summed E-state index contributed by atoms with van der Waals surface area (Å²) >= 11 is 0. The van der Waals surface area contributed by atoms with Crippen molar-refractivity contribution in [1.82, 2.24) is 10.2 Å². The van der Waals surface area contributed by atoms with Crippen LogP contribution in [0.4, 0.5) is 0 Å². The van der Waals surface area contributed by atoms with Crippen LogP contribution < -0.4 is 5.32 Å². The lowest BCUT2D eigenvalue weighted by atomic mass is 9.90. The maximum absolute atomic E-state index is 13.0. The molecule has 6 heteroatoms. The molecular weight excluding hydrogens is 320 g/mol. The average Bonchev–Trinajstić information content (AvgIpc) is 2.77. The van der Waals surface area contributed by atoms with Gasteiger partial charge in [0.05, 0.1) is 25.2 Å². The number of hydrogen-bond acceptors (Lipinski definition) is 4. The first kappa shape index (κ1) is 16.5. The van der Waals surface area contributed by atoms with E-state index in [1.165, 1.54) is 5.56 Å².